The van der Waals surface area contributed by atoms with Gasteiger partial charge in [0.05, 0.1) is 11.9 Å². The number of pyridine rings is 1. The number of nitrogens with zero attached hydrogens (tertiary/aromatic N) is 1. The minimum atomic E-state index is 0.537. The topological polar surface area (TPSA) is 43.4 Å². The Labute approximate surface area is 122 Å². The molecular weight excluding hydrogens is 276 g/mol. The largest absolute Gasteiger partial charge is 0.486 e. The van der Waals surface area contributed by atoms with Gasteiger partial charge in [0.25, 0.3) is 0 Å². The summed E-state index contributed by atoms with van der Waals surface area (Å²) in [5.41, 5.74) is 3.03. The van der Waals surface area contributed by atoms with Crippen LogP contribution in [0.3, 0.4) is 0 Å². The molecule has 4 nitrogen and oxygen atoms in total. The van der Waals surface area contributed by atoms with E-state index >= 15 is 0 Å². The molecule has 0 fully saturated rings. The summed E-state index contributed by atoms with van der Waals surface area (Å²) < 4.78 is 11.1. The summed E-state index contributed by atoms with van der Waals surface area (Å²) in [4.78, 5) is 4.12. The van der Waals surface area contributed by atoms with E-state index in [2.05, 4.69) is 10.3 Å². The van der Waals surface area contributed by atoms with Crippen molar-refractivity contribution in [1.82, 2.24) is 4.98 Å². The highest BCUT2D eigenvalue weighted by Gasteiger charge is 2.11. The van der Waals surface area contributed by atoms with Gasteiger partial charge in [-0.1, -0.05) is 17.7 Å². The number of benzene rings is 1. The first kappa shape index (κ1) is 13.1. The van der Waals surface area contributed by atoms with Crippen LogP contribution in [0.1, 0.15) is 11.1 Å². The Hall–Kier alpha value is -1.94. The van der Waals surface area contributed by atoms with Gasteiger partial charge in [0.1, 0.15) is 18.4 Å². The van der Waals surface area contributed by atoms with Gasteiger partial charge in [-0.05, 0) is 36.2 Å². The third-order valence-corrected chi connectivity index (χ3v) is 3.51. The standard InChI is InChI=1S/C15H15ClN2O2/c1-10-6-12(9-18-15(10)16)17-8-11-2-3-13-14(7-11)20-5-4-19-13/h2-3,6-7,9,17H,4-5,8H2,1H3. The molecule has 0 unspecified atom stereocenters. The Balaban J connectivity index is 1.70. The number of rotatable bonds is 3. The predicted molar refractivity (Wildman–Crippen MR) is 78.7 cm³/mol. The van der Waals surface area contributed by atoms with E-state index in [0.29, 0.717) is 24.9 Å². The van der Waals surface area contributed by atoms with Gasteiger partial charge < -0.3 is 14.8 Å². The van der Waals surface area contributed by atoms with Gasteiger partial charge in [-0.25, -0.2) is 4.98 Å². The SMILES string of the molecule is Cc1cc(NCc2ccc3c(c2)OCCO3)cnc1Cl. The van der Waals surface area contributed by atoms with E-state index in [1.54, 1.807) is 6.20 Å². The van der Waals surface area contributed by atoms with Gasteiger partial charge in [-0.2, -0.15) is 0 Å². The molecule has 1 aromatic heterocycles. The fraction of sp³-hybridized carbons (Fsp3) is 0.267. The van der Waals surface area contributed by atoms with Gasteiger partial charge in [0.2, 0.25) is 0 Å². The molecule has 1 aliphatic heterocycles. The second-order valence-electron chi connectivity index (χ2n) is 4.66. The van der Waals surface area contributed by atoms with E-state index in [0.717, 1.165) is 28.3 Å². The summed E-state index contributed by atoms with van der Waals surface area (Å²) in [6, 6.07) is 7.94. The Morgan fingerprint density at radius 1 is 1.20 bits per heavy atom. The highest BCUT2D eigenvalue weighted by molar-refractivity contribution is 6.30. The van der Waals surface area contributed by atoms with Crippen molar-refractivity contribution in [3.63, 3.8) is 0 Å². The summed E-state index contributed by atoms with van der Waals surface area (Å²) in [5.74, 6) is 1.62. The van der Waals surface area contributed by atoms with E-state index < -0.39 is 0 Å². The number of anilines is 1. The van der Waals surface area contributed by atoms with Crippen LogP contribution < -0.4 is 14.8 Å². The fourth-order valence-corrected chi connectivity index (χ4v) is 2.16. The Bertz CT molecular complexity index is 631. The molecule has 5 heteroatoms. The molecule has 1 aromatic carbocycles. The summed E-state index contributed by atoms with van der Waals surface area (Å²) in [6.07, 6.45) is 1.73. The lowest BCUT2D eigenvalue weighted by Crippen LogP contribution is -2.15. The number of hydrogen-bond acceptors (Lipinski definition) is 4. The van der Waals surface area contributed by atoms with Crippen molar-refractivity contribution < 1.29 is 9.47 Å². The Kier molecular flexibility index (Phi) is 3.65. The third kappa shape index (κ3) is 2.80. The summed E-state index contributed by atoms with van der Waals surface area (Å²) in [5, 5.41) is 3.86. The molecule has 0 aliphatic carbocycles. The van der Waals surface area contributed by atoms with E-state index in [9.17, 15) is 0 Å². The van der Waals surface area contributed by atoms with Crippen LogP contribution in [0.2, 0.25) is 5.15 Å². The van der Waals surface area contributed by atoms with Crippen LogP contribution in [0, 0.1) is 6.92 Å². The number of aromatic nitrogens is 1. The second kappa shape index (κ2) is 5.59. The molecule has 3 rings (SSSR count). The molecule has 0 atom stereocenters. The first-order valence-electron chi connectivity index (χ1n) is 6.47. The Morgan fingerprint density at radius 2 is 2.00 bits per heavy atom. The highest BCUT2D eigenvalue weighted by atomic mass is 35.5. The third-order valence-electron chi connectivity index (χ3n) is 3.12. The maximum Gasteiger partial charge on any atom is 0.161 e. The summed E-state index contributed by atoms with van der Waals surface area (Å²) in [7, 11) is 0. The van der Waals surface area contributed by atoms with E-state index in [1.807, 2.05) is 31.2 Å². The van der Waals surface area contributed by atoms with E-state index in [1.165, 1.54) is 0 Å². The van der Waals surface area contributed by atoms with Crippen molar-refractivity contribution in [3.05, 3.63) is 46.7 Å². The first-order valence-corrected chi connectivity index (χ1v) is 6.85. The quantitative estimate of drug-likeness (QED) is 0.880. The lowest BCUT2D eigenvalue weighted by Gasteiger charge is -2.19. The van der Waals surface area contributed by atoms with Crippen LogP contribution in [0.5, 0.6) is 11.5 Å². The molecule has 0 radical (unpaired) electrons. The van der Waals surface area contributed by atoms with Crippen LogP contribution in [-0.2, 0) is 6.54 Å². The molecule has 0 bridgehead atoms. The first-order chi connectivity index (χ1) is 9.72. The van der Waals surface area contributed by atoms with Crippen molar-refractivity contribution in [3.8, 4) is 11.5 Å². The van der Waals surface area contributed by atoms with Crippen molar-refractivity contribution in [2.24, 2.45) is 0 Å². The van der Waals surface area contributed by atoms with Crippen LogP contribution in [-0.4, -0.2) is 18.2 Å². The van der Waals surface area contributed by atoms with Crippen molar-refractivity contribution in [2.75, 3.05) is 18.5 Å². The van der Waals surface area contributed by atoms with Gasteiger partial charge >= 0.3 is 0 Å². The van der Waals surface area contributed by atoms with Gasteiger partial charge in [-0.15, -0.1) is 0 Å². The minimum absolute atomic E-state index is 0.537. The van der Waals surface area contributed by atoms with Crippen LogP contribution in [0.25, 0.3) is 0 Å². The van der Waals surface area contributed by atoms with Crippen molar-refractivity contribution >= 4 is 17.3 Å². The average Bonchev–Trinajstić information content (AvgIpc) is 2.48. The number of fused-ring (bicyclic) bond motifs is 1. The molecule has 2 aromatic rings. The number of halogens is 1. The molecule has 0 saturated carbocycles. The predicted octanol–water partition coefficient (Wildman–Crippen LogP) is 3.43. The minimum Gasteiger partial charge on any atom is -0.486 e. The number of hydrogen-bond donors (Lipinski definition) is 1. The van der Waals surface area contributed by atoms with E-state index in [-0.39, 0.29) is 0 Å². The second-order valence-corrected chi connectivity index (χ2v) is 5.02. The van der Waals surface area contributed by atoms with Crippen LogP contribution >= 0.6 is 11.6 Å². The monoisotopic (exact) mass is 290 g/mol. The molecule has 104 valence electrons. The zero-order chi connectivity index (χ0) is 13.9. The molecule has 0 saturated heterocycles. The number of nitrogens with one attached hydrogen (secondary N) is 1. The molecule has 1 N–H and O–H groups in total. The van der Waals surface area contributed by atoms with Crippen molar-refractivity contribution in [1.29, 1.82) is 0 Å². The smallest absolute Gasteiger partial charge is 0.161 e. The maximum atomic E-state index is 5.91. The normalized spacial score (nSPS) is 13.1. The molecular formula is C15H15ClN2O2. The average molecular weight is 291 g/mol. The van der Waals surface area contributed by atoms with Crippen molar-refractivity contribution in [2.45, 2.75) is 13.5 Å². The number of ether oxygens (including phenoxy) is 2. The van der Waals surface area contributed by atoms with Gasteiger partial charge in [0, 0.05) is 6.54 Å². The fourth-order valence-electron chi connectivity index (χ4n) is 2.06. The zero-order valence-corrected chi connectivity index (χ0v) is 11.9. The van der Waals surface area contributed by atoms with Gasteiger partial charge in [0.15, 0.2) is 11.5 Å². The molecule has 20 heavy (non-hydrogen) atoms. The molecule has 0 spiro atoms. The van der Waals surface area contributed by atoms with Gasteiger partial charge in [-0.3, -0.25) is 0 Å². The highest BCUT2D eigenvalue weighted by Crippen LogP contribution is 2.31. The maximum absolute atomic E-state index is 5.91. The number of aryl methyl sites for hydroxylation is 1. The van der Waals surface area contributed by atoms with E-state index in [4.69, 9.17) is 21.1 Å². The van der Waals surface area contributed by atoms with Crippen LogP contribution in [0.15, 0.2) is 30.5 Å². The lowest BCUT2D eigenvalue weighted by atomic mass is 10.2. The van der Waals surface area contributed by atoms with Crippen LogP contribution in [0.4, 0.5) is 5.69 Å². The summed E-state index contributed by atoms with van der Waals surface area (Å²) >= 11 is 5.91. The lowest BCUT2D eigenvalue weighted by molar-refractivity contribution is 0.171. The summed E-state index contributed by atoms with van der Waals surface area (Å²) in [6.45, 7) is 3.84. The molecule has 0 amide bonds. The molecule has 1 aliphatic rings. The Morgan fingerprint density at radius 3 is 2.80 bits per heavy atom. The molecule has 2 heterocycles. The zero-order valence-electron chi connectivity index (χ0n) is 11.1.